The van der Waals surface area contributed by atoms with E-state index >= 15 is 0 Å². The van der Waals surface area contributed by atoms with Crippen molar-refractivity contribution in [3.63, 3.8) is 0 Å². The fourth-order valence-corrected chi connectivity index (χ4v) is 3.01. The summed E-state index contributed by atoms with van der Waals surface area (Å²) in [6.07, 6.45) is 2.82. The summed E-state index contributed by atoms with van der Waals surface area (Å²) < 4.78 is 0. The van der Waals surface area contributed by atoms with E-state index < -0.39 is 0 Å². The average molecular weight is 311 g/mol. The maximum absolute atomic E-state index is 9.33. The lowest BCUT2D eigenvalue weighted by Gasteiger charge is -2.12. The fraction of sp³-hybridized carbons (Fsp3) is 0.143. The zero-order valence-corrected chi connectivity index (χ0v) is 13.7. The molecule has 0 aromatic heterocycles. The van der Waals surface area contributed by atoms with Crippen molar-refractivity contribution in [3.05, 3.63) is 76.4 Å². The first kappa shape index (κ1) is 15.6. The second-order valence-electron chi connectivity index (χ2n) is 5.96. The maximum Gasteiger partial charge on any atom is 0.137 e. The number of rotatable bonds is 2. The third kappa shape index (κ3) is 2.81. The minimum Gasteiger partial charge on any atom is -0.378 e. The van der Waals surface area contributed by atoms with E-state index in [-0.39, 0.29) is 5.57 Å². The van der Waals surface area contributed by atoms with E-state index in [4.69, 9.17) is 0 Å². The van der Waals surface area contributed by atoms with Gasteiger partial charge in [-0.05, 0) is 40.8 Å². The highest BCUT2D eigenvalue weighted by atomic mass is 15.1. The van der Waals surface area contributed by atoms with Crippen LogP contribution in [0.5, 0.6) is 0 Å². The highest BCUT2D eigenvalue weighted by Gasteiger charge is 2.24. The van der Waals surface area contributed by atoms with Crippen molar-refractivity contribution < 1.29 is 0 Å². The molecule has 0 unspecified atom stereocenters. The molecule has 2 aromatic rings. The quantitative estimate of drug-likeness (QED) is 0.781. The number of hydrogen-bond acceptors (Lipinski definition) is 3. The van der Waals surface area contributed by atoms with Gasteiger partial charge in [-0.3, -0.25) is 0 Å². The summed E-state index contributed by atoms with van der Waals surface area (Å²) in [5.41, 5.74) is 6.32. The van der Waals surface area contributed by atoms with E-state index in [0.29, 0.717) is 0 Å². The predicted octanol–water partition coefficient (Wildman–Crippen LogP) is 4.19. The molecule has 0 heterocycles. The van der Waals surface area contributed by atoms with Crippen molar-refractivity contribution in [3.8, 4) is 12.1 Å². The van der Waals surface area contributed by atoms with Crippen molar-refractivity contribution in [2.75, 3.05) is 19.0 Å². The summed E-state index contributed by atoms with van der Waals surface area (Å²) in [6, 6.07) is 20.3. The molecule has 0 fully saturated rings. The fourth-order valence-electron chi connectivity index (χ4n) is 3.01. The number of anilines is 1. The Kier molecular flexibility index (Phi) is 4.18. The van der Waals surface area contributed by atoms with Crippen molar-refractivity contribution in [2.45, 2.75) is 6.42 Å². The van der Waals surface area contributed by atoms with E-state index in [1.165, 1.54) is 0 Å². The molecule has 0 bridgehead atoms. The molecule has 0 atom stereocenters. The maximum atomic E-state index is 9.33. The number of allylic oxidation sites excluding steroid dienone is 3. The van der Waals surface area contributed by atoms with E-state index in [1.54, 1.807) is 0 Å². The smallest absolute Gasteiger partial charge is 0.137 e. The second kappa shape index (κ2) is 6.44. The highest BCUT2D eigenvalue weighted by Crippen LogP contribution is 2.39. The lowest BCUT2D eigenvalue weighted by molar-refractivity contribution is 1.13. The normalized spacial score (nSPS) is 14.0. The molecule has 0 saturated carbocycles. The molecule has 24 heavy (non-hydrogen) atoms. The third-order valence-electron chi connectivity index (χ3n) is 4.21. The Bertz CT molecular complexity index is 901. The van der Waals surface area contributed by atoms with Gasteiger partial charge in [0.05, 0.1) is 0 Å². The number of nitriles is 2. The molecule has 0 radical (unpaired) electrons. The summed E-state index contributed by atoms with van der Waals surface area (Å²) in [4.78, 5) is 2.05. The monoisotopic (exact) mass is 311 g/mol. The van der Waals surface area contributed by atoms with Crippen LogP contribution >= 0.6 is 0 Å². The summed E-state index contributed by atoms with van der Waals surface area (Å²) >= 11 is 0. The van der Waals surface area contributed by atoms with Crippen molar-refractivity contribution >= 4 is 17.3 Å². The lowest BCUT2D eigenvalue weighted by atomic mass is 9.98. The number of hydrogen-bond donors (Lipinski definition) is 0. The van der Waals surface area contributed by atoms with Crippen LogP contribution in [0.15, 0.2) is 59.7 Å². The van der Waals surface area contributed by atoms with Crippen LogP contribution in [0.3, 0.4) is 0 Å². The van der Waals surface area contributed by atoms with Gasteiger partial charge in [-0.15, -0.1) is 0 Å². The van der Waals surface area contributed by atoms with Crippen LogP contribution in [0.2, 0.25) is 0 Å². The first-order valence-electron chi connectivity index (χ1n) is 7.75. The van der Waals surface area contributed by atoms with Gasteiger partial charge in [0.25, 0.3) is 0 Å². The molecule has 0 saturated heterocycles. The molecule has 1 aliphatic carbocycles. The van der Waals surface area contributed by atoms with Gasteiger partial charge in [0.2, 0.25) is 0 Å². The van der Waals surface area contributed by atoms with Crippen LogP contribution in [-0.2, 0) is 6.42 Å². The van der Waals surface area contributed by atoms with Gasteiger partial charge in [-0.1, -0.05) is 42.5 Å². The molecule has 2 aromatic carbocycles. The van der Waals surface area contributed by atoms with Crippen LogP contribution in [0.4, 0.5) is 5.69 Å². The number of benzene rings is 2. The highest BCUT2D eigenvalue weighted by molar-refractivity contribution is 5.95. The van der Waals surface area contributed by atoms with E-state index in [1.807, 2.05) is 44.4 Å². The largest absolute Gasteiger partial charge is 0.378 e. The van der Waals surface area contributed by atoms with Gasteiger partial charge in [0.15, 0.2) is 0 Å². The van der Waals surface area contributed by atoms with Gasteiger partial charge in [0.1, 0.15) is 17.7 Å². The van der Waals surface area contributed by atoms with E-state index in [9.17, 15) is 10.5 Å². The summed E-state index contributed by atoms with van der Waals surface area (Å²) in [6.45, 7) is 0. The minimum atomic E-state index is 0.177. The molecule has 0 N–H and O–H groups in total. The Morgan fingerprint density at radius 2 is 1.67 bits per heavy atom. The van der Waals surface area contributed by atoms with Gasteiger partial charge in [-0.25, -0.2) is 0 Å². The van der Waals surface area contributed by atoms with Crippen LogP contribution in [-0.4, -0.2) is 14.1 Å². The molecule has 3 nitrogen and oxygen atoms in total. The molecule has 0 aliphatic heterocycles. The molecule has 0 amide bonds. The SMILES string of the molecule is CN(C)c1ccc(/C=C2\Cc3ccccc3C2=C(C#N)C#N)cc1. The Morgan fingerprint density at radius 1 is 1.00 bits per heavy atom. The Balaban J connectivity index is 2.09. The first-order chi connectivity index (χ1) is 11.6. The van der Waals surface area contributed by atoms with Gasteiger partial charge in [-0.2, -0.15) is 10.5 Å². The Hall–Kier alpha value is -3.30. The Labute approximate surface area is 142 Å². The van der Waals surface area contributed by atoms with E-state index in [2.05, 4.69) is 41.3 Å². The van der Waals surface area contributed by atoms with Gasteiger partial charge in [0, 0.05) is 25.4 Å². The molecule has 116 valence electrons. The van der Waals surface area contributed by atoms with Crippen molar-refractivity contribution in [1.82, 2.24) is 0 Å². The van der Waals surface area contributed by atoms with Crippen LogP contribution in [0, 0.1) is 22.7 Å². The standard InChI is InChI=1S/C21H17N3/c1-24(2)19-9-7-15(8-10-19)11-17-12-16-5-3-4-6-20(16)21(17)18(13-22)14-23/h3-11H,12H2,1-2H3/b17-11+. The third-order valence-corrected chi connectivity index (χ3v) is 4.21. The first-order valence-corrected chi connectivity index (χ1v) is 7.75. The van der Waals surface area contributed by atoms with Crippen LogP contribution < -0.4 is 4.90 Å². The lowest BCUT2D eigenvalue weighted by Crippen LogP contribution is -2.07. The Morgan fingerprint density at radius 3 is 2.29 bits per heavy atom. The van der Waals surface area contributed by atoms with Crippen LogP contribution in [0.25, 0.3) is 11.6 Å². The van der Waals surface area contributed by atoms with Crippen LogP contribution in [0.1, 0.15) is 16.7 Å². The summed E-state index contributed by atoms with van der Waals surface area (Å²) in [7, 11) is 4.02. The average Bonchev–Trinajstić information content (AvgIpc) is 2.95. The summed E-state index contributed by atoms with van der Waals surface area (Å²) in [5, 5.41) is 18.7. The molecule has 0 spiro atoms. The number of fused-ring (bicyclic) bond motifs is 1. The van der Waals surface area contributed by atoms with Crippen molar-refractivity contribution in [1.29, 1.82) is 10.5 Å². The summed E-state index contributed by atoms with van der Waals surface area (Å²) in [5.74, 6) is 0. The molecular formula is C21H17N3. The topological polar surface area (TPSA) is 50.8 Å². The molecule has 3 heteroatoms. The minimum absolute atomic E-state index is 0.177. The molecule has 3 rings (SSSR count). The zero-order valence-electron chi connectivity index (χ0n) is 13.7. The van der Waals surface area contributed by atoms with E-state index in [0.717, 1.165) is 39.9 Å². The van der Waals surface area contributed by atoms with Gasteiger partial charge < -0.3 is 4.90 Å². The van der Waals surface area contributed by atoms with Crippen molar-refractivity contribution in [2.24, 2.45) is 0 Å². The second-order valence-corrected chi connectivity index (χ2v) is 5.96. The van der Waals surface area contributed by atoms with Gasteiger partial charge >= 0.3 is 0 Å². The zero-order chi connectivity index (χ0) is 17.1. The molecule has 1 aliphatic rings. The predicted molar refractivity (Wildman–Crippen MR) is 97.0 cm³/mol. The number of nitrogens with zero attached hydrogens (tertiary/aromatic N) is 3. The molecular weight excluding hydrogens is 294 g/mol.